The summed E-state index contributed by atoms with van der Waals surface area (Å²) in [6, 6.07) is 10.5. The molecule has 0 aliphatic rings. The van der Waals surface area contributed by atoms with Crippen molar-refractivity contribution in [2.75, 3.05) is 6.54 Å². The van der Waals surface area contributed by atoms with Gasteiger partial charge in [-0.1, -0.05) is 29.8 Å². The van der Waals surface area contributed by atoms with Crippen molar-refractivity contribution in [3.63, 3.8) is 0 Å². The minimum atomic E-state index is -1.18. The van der Waals surface area contributed by atoms with Gasteiger partial charge in [-0.3, -0.25) is 0 Å². The number of aryl methyl sites for hydroxylation is 1. The van der Waals surface area contributed by atoms with Gasteiger partial charge in [-0.2, -0.15) is 0 Å². The number of benzene rings is 2. The Morgan fingerprint density at radius 2 is 1.75 bits per heavy atom. The van der Waals surface area contributed by atoms with Crippen molar-refractivity contribution in [1.29, 1.82) is 0 Å². The van der Waals surface area contributed by atoms with Gasteiger partial charge in [-0.05, 0) is 30.7 Å². The summed E-state index contributed by atoms with van der Waals surface area (Å²) in [6.45, 7) is 2.09. The van der Waals surface area contributed by atoms with E-state index < -0.39 is 23.7 Å². The summed E-state index contributed by atoms with van der Waals surface area (Å²) in [4.78, 5) is 0. The molecule has 0 saturated carbocycles. The summed E-state index contributed by atoms with van der Waals surface area (Å²) in [5, 5.41) is 10.3. The third-order valence-corrected chi connectivity index (χ3v) is 3.42. The van der Waals surface area contributed by atoms with Crippen LogP contribution in [-0.2, 0) is 0 Å². The van der Waals surface area contributed by atoms with E-state index in [2.05, 4.69) is 0 Å². The SMILES string of the molecule is Cc1ccc(C(CN)C(O)c2cc(F)ccc2F)cc1. The Hall–Kier alpha value is -1.78. The lowest BCUT2D eigenvalue weighted by atomic mass is 9.88. The van der Waals surface area contributed by atoms with Gasteiger partial charge in [0.1, 0.15) is 11.6 Å². The first-order valence-electron chi connectivity index (χ1n) is 6.42. The average Bonchev–Trinajstić information content (AvgIpc) is 2.44. The van der Waals surface area contributed by atoms with E-state index in [1.165, 1.54) is 0 Å². The zero-order valence-corrected chi connectivity index (χ0v) is 11.2. The van der Waals surface area contributed by atoms with Crippen molar-refractivity contribution < 1.29 is 13.9 Å². The highest BCUT2D eigenvalue weighted by atomic mass is 19.1. The van der Waals surface area contributed by atoms with Crippen molar-refractivity contribution in [2.24, 2.45) is 5.73 Å². The van der Waals surface area contributed by atoms with Crippen LogP contribution in [0, 0.1) is 18.6 Å². The Morgan fingerprint density at radius 1 is 1.10 bits per heavy atom. The molecule has 106 valence electrons. The first-order valence-corrected chi connectivity index (χ1v) is 6.42. The second-order valence-electron chi connectivity index (χ2n) is 4.86. The van der Waals surface area contributed by atoms with Crippen molar-refractivity contribution in [3.05, 3.63) is 70.8 Å². The summed E-state index contributed by atoms with van der Waals surface area (Å²) < 4.78 is 27.0. The van der Waals surface area contributed by atoms with Crippen LogP contribution in [0.1, 0.15) is 28.7 Å². The number of aliphatic hydroxyl groups is 1. The molecule has 3 N–H and O–H groups in total. The lowest BCUT2D eigenvalue weighted by Gasteiger charge is -2.23. The van der Waals surface area contributed by atoms with E-state index in [0.717, 1.165) is 29.3 Å². The second-order valence-corrected chi connectivity index (χ2v) is 4.86. The smallest absolute Gasteiger partial charge is 0.129 e. The number of aliphatic hydroxyl groups excluding tert-OH is 1. The molecular weight excluding hydrogens is 260 g/mol. The fourth-order valence-corrected chi connectivity index (χ4v) is 2.22. The van der Waals surface area contributed by atoms with Gasteiger partial charge < -0.3 is 10.8 Å². The van der Waals surface area contributed by atoms with E-state index in [9.17, 15) is 13.9 Å². The molecule has 2 aromatic rings. The van der Waals surface area contributed by atoms with Gasteiger partial charge in [0.25, 0.3) is 0 Å². The van der Waals surface area contributed by atoms with Crippen LogP contribution in [-0.4, -0.2) is 11.7 Å². The lowest BCUT2D eigenvalue weighted by molar-refractivity contribution is 0.142. The molecule has 2 unspecified atom stereocenters. The Labute approximate surface area is 116 Å². The minimum Gasteiger partial charge on any atom is -0.388 e. The molecule has 0 aromatic heterocycles. The maximum absolute atomic E-state index is 13.7. The van der Waals surface area contributed by atoms with Crippen LogP contribution < -0.4 is 5.73 Å². The van der Waals surface area contributed by atoms with Crippen molar-refractivity contribution in [1.82, 2.24) is 0 Å². The van der Waals surface area contributed by atoms with Crippen molar-refractivity contribution >= 4 is 0 Å². The fraction of sp³-hybridized carbons (Fsp3) is 0.250. The van der Waals surface area contributed by atoms with Gasteiger partial charge in [-0.15, -0.1) is 0 Å². The summed E-state index contributed by atoms with van der Waals surface area (Å²) in [5.74, 6) is -1.70. The zero-order chi connectivity index (χ0) is 14.7. The highest BCUT2D eigenvalue weighted by Crippen LogP contribution is 2.32. The van der Waals surface area contributed by atoms with E-state index in [1.807, 2.05) is 31.2 Å². The first kappa shape index (κ1) is 14.6. The summed E-state index contributed by atoms with van der Waals surface area (Å²) in [7, 11) is 0. The summed E-state index contributed by atoms with van der Waals surface area (Å²) in [6.07, 6.45) is -1.18. The topological polar surface area (TPSA) is 46.2 Å². The molecule has 2 nitrogen and oxygen atoms in total. The van der Waals surface area contributed by atoms with Gasteiger partial charge >= 0.3 is 0 Å². The molecule has 0 amide bonds. The van der Waals surface area contributed by atoms with Crippen LogP contribution in [0.25, 0.3) is 0 Å². The molecule has 0 spiro atoms. The molecule has 0 fully saturated rings. The Bertz CT molecular complexity index is 584. The third-order valence-electron chi connectivity index (χ3n) is 3.42. The van der Waals surface area contributed by atoms with Gasteiger partial charge in [0.2, 0.25) is 0 Å². The third kappa shape index (κ3) is 3.03. The highest BCUT2D eigenvalue weighted by molar-refractivity contribution is 5.30. The molecule has 0 saturated heterocycles. The maximum Gasteiger partial charge on any atom is 0.129 e. The zero-order valence-electron chi connectivity index (χ0n) is 11.2. The van der Waals surface area contributed by atoms with E-state index >= 15 is 0 Å². The molecule has 0 bridgehead atoms. The predicted octanol–water partition coefficient (Wildman–Crippen LogP) is 3.05. The lowest BCUT2D eigenvalue weighted by Crippen LogP contribution is -2.21. The van der Waals surface area contributed by atoms with Gasteiger partial charge in [0.05, 0.1) is 6.10 Å². The largest absolute Gasteiger partial charge is 0.388 e. The Morgan fingerprint density at radius 3 is 2.35 bits per heavy atom. The fourth-order valence-electron chi connectivity index (χ4n) is 2.22. The monoisotopic (exact) mass is 277 g/mol. The van der Waals surface area contributed by atoms with Gasteiger partial charge in [-0.25, -0.2) is 8.78 Å². The van der Waals surface area contributed by atoms with Crippen LogP contribution in [0.4, 0.5) is 8.78 Å². The van der Waals surface area contributed by atoms with Crippen molar-refractivity contribution in [2.45, 2.75) is 18.9 Å². The number of nitrogens with two attached hydrogens (primary N) is 1. The maximum atomic E-state index is 13.7. The normalized spacial score (nSPS) is 14.1. The second kappa shape index (κ2) is 6.11. The van der Waals surface area contributed by atoms with Crippen LogP contribution >= 0.6 is 0 Å². The Balaban J connectivity index is 2.35. The van der Waals surface area contributed by atoms with Crippen molar-refractivity contribution in [3.8, 4) is 0 Å². The Kier molecular flexibility index (Phi) is 4.47. The number of hydrogen-bond acceptors (Lipinski definition) is 2. The van der Waals surface area contributed by atoms with E-state index in [-0.39, 0.29) is 12.1 Å². The molecule has 2 aromatic carbocycles. The molecular formula is C16H17F2NO. The van der Waals surface area contributed by atoms with Gasteiger partial charge in [0, 0.05) is 18.0 Å². The molecule has 0 heterocycles. The van der Waals surface area contributed by atoms with E-state index in [0.29, 0.717) is 0 Å². The summed E-state index contributed by atoms with van der Waals surface area (Å²) in [5.41, 5.74) is 7.50. The molecule has 2 rings (SSSR count). The van der Waals surface area contributed by atoms with Gasteiger partial charge in [0.15, 0.2) is 0 Å². The highest BCUT2D eigenvalue weighted by Gasteiger charge is 2.24. The molecule has 20 heavy (non-hydrogen) atoms. The molecule has 0 aliphatic carbocycles. The molecule has 0 aliphatic heterocycles. The van der Waals surface area contributed by atoms with Crippen LogP contribution in [0.5, 0.6) is 0 Å². The van der Waals surface area contributed by atoms with Crippen LogP contribution in [0.15, 0.2) is 42.5 Å². The minimum absolute atomic E-state index is 0.0685. The molecule has 2 atom stereocenters. The number of halogens is 2. The number of rotatable bonds is 4. The quantitative estimate of drug-likeness (QED) is 0.902. The first-order chi connectivity index (χ1) is 9.52. The summed E-state index contributed by atoms with van der Waals surface area (Å²) >= 11 is 0. The van der Waals surface area contributed by atoms with E-state index in [1.54, 1.807) is 0 Å². The average molecular weight is 277 g/mol. The molecule has 4 heteroatoms. The van der Waals surface area contributed by atoms with Crippen LogP contribution in [0.3, 0.4) is 0 Å². The standard InChI is InChI=1S/C16H17F2NO/c1-10-2-4-11(5-3-10)14(9-19)16(20)13-8-12(17)6-7-15(13)18/h2-8,14,16,20H,9,19H2,1H3. The number of hydrogen-bond donors (Lipinski definition) is 2. The molecule has 0 radical (unpaired) electrons. The predicted molar refractivity (Wildman–Crippen MR) is 74.3 cm³/mol. The van der Waals surface area contributed by atoms with E-state index in [4.69, 9.17) is 5.73 Å². The van der Waals surface area contributed by atoms with Crippen LogP contribution in [0.2, 0.25) is 0 Å².